The van der Waals surface area contributed by atoms with Gasteiger partial charge in [0.15, 0.2) is 0 Å². The highest BCUT2D eigenvalue weighted by Gasteiger charge is 2.52. The van der Waals surface area contributed by atoms with Crippen LogP contribution in [0.25, 0.3) is 0 Å². The molecule has 0 spiro atoms. The summed E-state index contributed by atoms with van der Waals surface area (Å²) in [6.07, 6.45) is 0.769. The van der Waals surface area contributed by atoms with E-state index in [0.717, 1.165) is 0 Å². The van der Waals surface area contributed by atoms with Gasteiger partial charge < -0.3 is 14.6 Å². The molecule has 0 aliphatic carbocycles. The van der Waals surface area contributed by atoms with Crippen molar-refractivity contribution in [3.8, 4) is 0 Å². The van der Waals surface area contributed by atoms with E-state index >= 15 is 0 Å². The van der Waals surface area contributed by atoms with E-state index < -0.39 is 28.8 Å². The number of carbonyl (C=O) groups excluding carboxylic acids is 2. The Kier molecular flexibility index (Phi) is 5.49. The van der Waals surface area contributed by atoms with Crippen molar-refractivity contribution >= 4 is 12.1 Å². The lowest BCUT2D eigenvalue weighted by molar-refractivity contribution is -0.169. The van der Waals surface area contributed by atoms with E-state index in [4.69, 9.17) is 9.47 Å². The van der Waals surface area contributed by atoms with Gasteiger partial charge in [-0.15, -0.1) is 0 Å². The zero-order valence-corrected chi connectivity index (χ0v) is 14.6. The fourth-order valence-corrected chi connectivity index (χ4v) is 2.59. The summed E-state index contributed by atoms with van der Waals surface area (Å²) in [5.74, 6) is -0.475. The van der Waals surface area contributed by atoms with E-state index in [1.807, 2.05) is 0 Å². The summed E-state index contributed by atoms with van der Waals surface area (Å²) in [7, 11) is 0. The van der Waals surface area contributed by atoms with Crippen LogP contribution in [0, 0.1) is 0 Å². The summed E-state index contributed by atoms with van der Waals surface area (Å²) in [5.41, 5.74) is -2.43. The third-order valence-corrected chi connectivity index (χ3v) is 3.41. The van der Waals surface area contributed by atoms with Crippen molar-refractivity contribution in [3.05, 3.63) is 0 Å². The molecule has 0 aromatic heterocycles. The summed E-state index contributed by atoms with van der Waals surface area (Å²) in [5, 5.41) is 9.38. The van der Waals surface area contributed by atoms with Gasteiger partial charge in [-0.3, -0.25) is 4.90 Å². The predicted molar refractivity (Wildman–Crippen MR) is 82.5 cm³/mol. The second-order valence-electron chi connectivity index (χ2n) is 7.74. The maximum atomic E-state index is 12.7. The van der Waals surface area contributed by atoms with Crippen molar-refractivity contribution in [1.29, 1.82) is 0 Å². The first-order valence-corrected chi connectivity index (χ1v) is 7.76. The molecule has 6 heteroatoms. The lowest BCUT2D eigenvalue weighted by atomic mass is 9.92. The molecular weight excluding hydrogens is 286 g/mol. The molecule has 1 fully saturated rings. The largest absolute Gasteiger partial charge is 0.458 e. The van der Waals surface area contributed by atoms with Crippen LogP contribution in [0.2, 0.25) is 0 Å². The predicted octanol–water partition coefficient (Wildman–Crippen LogP) is 2.48. The summed E-state index contributed by atoms with van der Waals surface area (Å²) in [6.45, 7) is 10.9. The maximum Gasteiger partial charge on any atom is 0.411 e. The molecule has 1 rings (SSSR count). The minimum atomic E-state index is -1.13. The molecular formula is C16H29NO5. The molecule has 0 aromatic carbocycles. The van der Waals surface area contributed by atoms with Crippen LogP contribution in [0.1, 0.15) is 60.8 Å². The van der Waals surface area contributed by atoms with Crippen molar-refractivity contribution in [2.45, 2.75) is 77.5 Å². The van der Waals surface area contributed by atoms with Gasteiger partial charge >= 0.3 is 12.1 Å². The van der Waals surface area contributed by atoms with Gasteiger partial charge in [0.2, 0.25) is 0 Å². The van der Waals surface area contributed by atoms with Crippen LogP contribution in [-0.4, -0.2) is 52.0 Å². The minimum Gasteiger partial charge on any atom is -0.458 e. The molecule has 0 radical (unpaired) electrons. The molecule has 1 saturated heterocycles. The van der Waals surface area contributed by atoms with Crippen LogP contribution in [0.3, 0.4) is 0 Å². The minimum absolute atomic E-state index is 0.154. The zero-order chi connectivity index (χ0) is 17.2. The van der Waals surface area contributed by atoms with Crippen LogP contribution in [0.5, 0.6) is 0 Å². The molecule has 0 unspecified atom stereocenters. The fourth-order valence-electron chi connectivity index (χ4n) is 2.59. The molecule has 6 nitrogen and oxygen atoms in total. The molecule has 1 heterocycles. The van der Waals surface area contributed by atoms with Gasteiger partial charge in [-0.2, -0.15) is 0 Å². The summed E-state index contributed by atoms with van der Waals surface area (Å²) >= 11 is 0. The van der Waals surface area contributed by atoms with Gasteiger partial charge in [-0.25, -0.2) is 9.59 Å². The van der Waals surface area contributed by atoms with Crippen molar-refractivity contribution in [2.75, 3.05) is 13.2 Å². The van der Waals surface area contributed by atoms with Crippen LogP contribution >= 0.6 is 0 Å². The van der Waals surface area contributed by atoms with Crippen molar-refractivity contribution in [1.82, 2.24) is 4.90 Å². The summed E-state index contributed by atoms with van der Waals surface area (Å²) in [4.78, 5) is 26.5. The first-order chi connectivity index (χ1) is 9.91. The smallest absolute Gasteiger partial charge is 0.411 e. The van der Waals surface area contributed by atoms with Gasteiger partial charge in [0.05, 0.1) is 0 Å². The van der Waals surface area contributed by atoms with Crippen LogP contribution < -0.4 is 0 Å². The third kappa shape index (κ3) is 4.60. The first kappa shape index (κ1) is 18.7. The van der Waals surface area contributed by atoms with E-state index in [2.05, 4.69) is 0 Å². The number of hydrogen-bond acceptors (Lipinski definition) is 5. The Bertz CT molecular complexity index is 421. The number of aliphatic hydroxyl groups is 1. The number of carbonyl (C=O) groups is 2. The lowest BCUT2D eigenvalue weighted by Gasteiger charge is -2.38. The van der Waals surface area contributed by atoms with Gasteiger partial charge in [-0.1, -0.05) is 0 Å². The SMILES string of the molecule is CC(C)(C)OC(=O)N1CCC[C@@]1(CCO)C(=O)OC(C)(C)C. The Morgan fingerprint density at radius 1 is 1.09 bits per heavy atom. The zero-order valence-electron chi connectivity index (χ0n) is 14.6. The molecule has 1 N–H and O–H groups in total. The number of nitrogens with zero attached hydrogens (tertiary/aromatic N) is 1. The molecule has 1 aliphatic rings. The second kappa shape index (κ2) is 6.44. The lowest BCUT2D eigenvalue weighted by Crippen LogP contribution is -2.56. The van der Waals surface area contributed by atoms with E-state index in [0.29, 0.717) is 19.4 Å². The molecule has 0 saturated carbocycles. The Morgan fingerprint density at radius 3 is 2.09 bits per heavy atom. The molecule has 1 atom stereocenters. The van der Waals surface area contributed by atoms with Gasteiger partial charge in [0.1, 0.15) is 16.7 Å². The van der Waals surface area contributed by atoms with Gasteiger partial charge in [-0.05, 0) is 54.4 Å². The quantitative estimate of drug-likeness (QED) is 0.810. The van der Waals surface area contributed by atoms with Crippen LogP contribution in [0.4, 0.5) is 4.79 Å². The Balaban J connectivity index is 3.04. The summed E-state index contributed by atoms with van der Waals surface area (Å²) in [6, 6.07) is 0. The number of ether oxygens (including phenoxy) is 2. The highest BCUT2D eigenvalue weighted by molar-refractivity contribution is 5.87. The average molecular weight is 315 g/mol. The van der Waals surface area contributed by atoms with Crippen molar-refractivity contribution in [3.63, 3.8) is 0 Å². The van der Waals surface area contributed by atoms with E-state index in [1.54, 1.807) is 41.5 Å². The van der Waals surface area contributed by atoms with Gasteiger partial charge in [0.25, 0.3) is 0 Å². The van der Waals surface area contributed by atoms with E-state index in [-0.39, 0.29) is 13.0 Å². The van der Waals surface area contributed by atoms with E-state index in [9.17, 15) is 14.7 Å². The normalized spacial score (nSPS) is 22.6. The Hall–Kier alpha value is -1.30. The Labute approximate surface area is 132 Å². The third-order valence-electron chi connectivity index (χ3n) is 3.41. The standard InChI is InChI=1S/C16H29NO5/c1-14(2,3)21-12(19)16(9-11-18)8-7-10-17(16)13(20)22-15(4,5)6/h18H,7-11H2,1-6H3/t16-/m1/s1. The highest BCUT2D eigenvalue weighted by atomic mass is 16.6. The molecule has 1 amide bonds. The topological polar surface area (TPSA) is 76.1 Å². The number of rotatable bonds is 3. The van der Waals surface area contributed by atoms with Crippen LogP contribution in [-0.2, 0) is 14.3 Å². The average Bonchev–Trinajstić information content (AvgIpc) is 2.70. The molecule has 22 heavy (non-hydrogen) atoms. The van der Waals surface area contributed by atoms with Crippen molar-refractivity contribution in [2.24, 2.45) is 0 Å². The number of aliphatic hydroxyl groups excluding tert-OH is 1. The molecule has 128 valence electrons. The number of esters is 1. The number of likely N-dealkylation sites (tertiary alicyclic amines) is 1. The number of amides is 1. The monoisotopic (exact) mass is 315 g/mol. The van der Waals surface area contributed by atoms with E-state index in [1.165, 1.54) is 4.90 Å². The highest BCUT2D eigenvalue weighted by Crippen LogP contribution is 2.36. The van der Waals surface area contributed by atoms with Gasteiger partial charge in [0, 0.05) is 19.6 Å². The Morgan fingerprint density at radius 2 is 1.64 bits per heavy atom. The number of hydrogen-bond donors (Lipinski definition) is 1. The second-order valence-corrected chi connectivity index (χ2v) is 7.74. The fraction of sp³-hybridized carbons (Fsp3) is 0.875. The first-order valence-electron chi connectivity index (χ1n) is 7.76. The summed E-state index contributed by atoms with van der Waals surface area (Å²) < 4.78 is 10.9. The molecule has 1 aliphatic heterocycles. The maximum absolute atomic E-state index is 12.7. The van der Waals surface area contributed by atoms with Crippen LogP contribution in [0.15, 0.2) is 0 Å². The molecule has 0 aromatic rings. The van der Waals surface area contributed by atoms with Crippen molar-refractivity contribution < 1.29 is 24.2 Å². The molecule has 0 bridgehead atoms.